The minimum Gasteiger partial charge on any atom is -0.349 e. The lowest BCUT2D eigenvalue weighted by atomic mass is 9.86. The van der Waals surface area contributed by atoms with Gasteiger partial charge in [0.1, 0.15) is 0 Å². The summed E-state index contributed by atoms with van der Waals surface area (Å²) in [4.78, 5) is 42.8. The van der Waals surface area contributed by atoms with Gasteiger partial charge in [0.25, 0.3) is 5.91 Å². The van der Waals surface area contributed by atoms with E-state index in [4.69, 9.17) is 0 Å². The van der Waals surface area contributed by atoms with Gasteiger partial charge in [-0.25, -0.2) is 13.1 Å². The van der Waals surface area contributed by atoms with Crippen molar-refractivity contribution in [3.05, 3.63) is 59.9 Å². The van der Waals surface area contributed by atoms with Crippen LogP contribution in [0, 0.1) is 11.8 Å². The van der Waals surface area contributed by atoms with E-state index in [9.17, 15) is 22.8 Å². The van der Waals surface area contributed by atoms with Gasteiger partial charge in [-0.05, 0) is 60.9 Å². The third-order valence-corrected chi connectivity index (χ3v) is 7.52. The number of benzene rings is 1. The number of carbonyl (C=O) groups excluding carboxylic acids is 3. The van der Waals surface area contributed by atoms with Crippen molar-refractivity contribution in [3.63, 3.8) is 0 Å². The molecule has 1 aromatic heterocycles. The van der Waals surface area contributed by atoms with E-state index in [2.05, 4.69) is 15.0 Å². The molecule has 1 aliphatic rings. The van der Waals surface area contributed by atoms with E-state index in [0.717, 1.165) is 17.5 Å². The van der Waals surface area contributed by atoms with E-state index >= 15 is 0 Å². The van der Waals surface area contributed by atoms with Gasteiger partial charge < -0.3 is 5.32 Å². The van der Waals surface area contributed by atoms with Crippen molar-refractivity contribution in [2.45, 2.75) is 56.9 Å². The van der Waals surface area contributed by atoms with E-state index < -0.39 is 39.5 Å². The highest BCUT2D eigenvalue weighted by Gasteiger charge is 2.33. The SMILES string of the molecule is CC(C)C(NS(=O)(=O)c1ccccc1)C(=O)CC1CCc2cnccc2CCCNC(=O)C1=O. The number of rotatable bonds is 7. The fraction of sp³-hybridized carbons (Fsp3) is 0.440. The maximum atomic E-state index is 13.3. The van der Waals surface area contributed by atoms with Crippen molar-refractivity contribution in [1.82, 2.24) is 15.0 Å². The molecule has 2 N–H and O–H groups in total. The van der Waals surface area contributed by atoms with Crippen LogP contribution in [0.1, 0.15) is 44.2 Å². The number of aromatic nitrogens is 1. The van der Waals surface area contributed by atoms with Crippen molar-refractivity contribution in [2.75, 3.05) is 6.54 Å². The first kappa shape index (κ1) is 25.7. The van der Waals surface area contributed by atoms with Gasteiger partial charge in [-0.2, -0.15) is 0 Å². The molecule has 0 aliphatic carbocycles. The minimum absolute atomic E-state index is 0.0583. The summed E-state index contributed by atoms with van der Waals surface area (Å²) < 4.78 is 28.1. The highest BCUT2D eigenvalue weighted by Crippen LogP contribution is 2.22. The average molecular weight is 486 g/mol. The van der Waals surface area contributed by atoms with Gasteiger partial charge in [-0.15, -0.1) is 0 Å². The topological polar surface area (TPSA) is 122 Å². The summed E-state index contributed by atoms with van der Waals surface area (Å²) >= 11 is 0. The van der Waals surface area contributed by atoms with Crippen LogP contribution in [0.4, 0.5) is 0 Å². The third kappa shape index (κ3) is 6.57. The van der Waals surface area contributed by atoms with E-state index in [0.29, 0.717) is 25.8 Å². The first-order valence-electron chi connectivity index (χ1n) is 11.5. The van der Waals surface area contributed by atoms with Crippen LogP contribution >= 0.6 is 0 Å². The molecule has 8 nitrogen and oxygen atoms in total. The second-order valence-corrected chi connectivity index (χ2v) is 10.6. The number of aryl methyl sites for hydroxylation is 2. The Bertz CT molecular complexity index is 1130. The molecule has 0 fully saturated rings. The van der Waals surface area contributed by atoms with E-state index in [1.807, 2.05) is 6.07 Å². The van der Waals surface area contributed by atoms with Crippen molar-refractivity contribution in [2.24, 2.45) is 11.8 Å². The monoisotopic (exact) mass is 485 g/mol. The van der Waals surface area contributed by atoms with Gasteiger partial charge >= 0.3 is 0 Å². The van der Waals surface area contributed by atoms with Gasteiger partial charge in [-0.3, -0.25) is 19.4 Å². The molecule has 0 saturated heterocycles. The number of nitrogens with zero attached hydrogens (tertiary/aromatic N) is 1. The zero-order chi connectivity index (χ0) is 24.7. The number of nitrogens with one attached hydrogen (secondary N) is 2. The summed E-state index contributed by atoms with van der Waals surface area (Å²) in [6.45, 7) is 3.84. The van der Waals surface area contributed by atoms with Crippen LogP contribution < -0.4 is 10.0 Å². The molecular weight excluding hydrogens is 454 g/mol. The molecule has 34 heavy (non-hydrogen) atoms. The zero-order valence-electron chi connectivity index (χ0n) is 19.5. The number of Topliss-reactive ketones (excluding diaryl/α,β-unsaturated/α-hetero) is 2. The summed E-state index contributed by atoms with van der Waals surface area (Å²) in [5.41, 5.74) is 2.10. The van der Waals surface area contributed by atoms with Gasteiger partial charge in [0, 0.05) is 31.3 Å². The van der Waals surface area contributed by atoms with Crippen LogP contribution in [0.3, 0.4) is 0 Å². The second kappa shape index (κ2) is 11.5. The normalized spacial score (nSPS) is 18.5. The molecule has 1 aromatic carbocycles. The molecule has 1 amide bonds. The van der Waals surface area contributed by atoms with Crippen LogP contribution in [0.2, 0.25) is 0 Å². The lowest BCUT2D eigenvalue weighted by molar-refractivity contribution is -0.141. The lowest BCUT2D eigenvalue weighted by Gasteiger charge is -2.23. The van der Waals surface area contributed by atoms with Crippen molar-refractivity contribution < 1.29 is 22.8 Å². The van der Waals surface area contributed by atoms with Crippen molar-refractivity contribution in [3.8, 4) is 0 Å². The Morgan fingerprint density at radius 2 is 1.85 bits per heavy atom. The molecule has 2 heterocycles. The highest BCUT2D eigenvalue weighted by molar-refractivity contribution is 7.89. The molecule has 0 spiro atoms. The smallest absolute Gasteiger partial charge is 0.287 e. The quantitative estimate of drug-likeness (QED) is 0.580. The Hall–Kier alpha value is -2.91. The predicted octanol–water partition coefficient (Wildman–Crippen LogP) is 2.22. The molecular formula is C25H31N3O5S. The highest BCUT2D eigenvalue weighted by atomic mass is 32.2. The number of sulfonamides is 1. The first-order chi connectivity index (χ1) is 16.2. The molecule has 0 saturated carbocycles. The van der Waals surface area contributed by atoms with Gasteiger partial charge in [-0.1, -0.05) is 32.0 Å². The Morgan fingerprint density at radius 1 is 1.12 bits per heavy atom. The second-order valence-electron chi connectivity index (χ2n) is 8.93. The van der Waals surface area contributed by atoms with Crippen molar-refractivity contribution >= 4 is 27.5 Å². The van der Waals surface area contributed by atoms with Crippen molar-refractivity contribution in [1.29, 1.82) is 0 Å². The van der Waals surface area contributed by atoms with Crippen LogP contribution in [-0.2, 0) is 37.2 Å². The molecule has 2 unspecified atom stereocenters. The number of carbonyl (C=O) groups is 3. The van der Waals surface area contributed by atoms with Gasteiger partial charge in [0.05, 0.1) is 10.9 Å². The Balaban J connectivity index is 1.80. The number of pyridine rings is 1. The fourth-order valence-electron chi connectivity index (χ4n) is 4.11. The number of hydrogen-bond acceptors (Lipinski definition) is 6. The van der Waals surface area contributed by atoms with E-state index in [-0.39, 0.29) is 17.2 Å². The molecule has 9 heteroatoms. The third-order valence-electron chi connectivity index (χ3n) is 6.07. The summed E-state index contributed by atoms with van der Waals surface area (Å²) in [7, 11) is -3.93. The number of hydrogen-bond donors (Lipinski definition) is 2. The summed E-state index contributed by atoms with van der Waals surface area (Å²) in [6.07, 6.45) is 5.51. The number of fused-ring (bicyclic) bond motifs is 1. The summed E-state index contributed by atoms with van der Waals surface area (Å²) in [5, 5.41) is 2.65. The van der Waals surface area contributed by atoms with E-state index in [1.165, 1.54) is 12.1 Å². The Morgan fingerprint density at radius 3 is 2.56 bits per heavy atom. The van der Waals surface area contributed by atoms with Gasteiger partial charge in [0.2, 0.25) is 15.8 Å². The van der Waals surface area contributed by atoms with E-state index in [1.54, 1.807) is 44.4 Å². The Labute approximate surface area is 200 Å². The maximum absolute atomic E-state index is 13.3. The average Bonchev–Trinajstić information content (AvgIpc) is 2.85. The summed E-state index contributed by atoms with van der Waals surface area (Å²) in [5.74, 6) is -2.95. The molecule has 3 rings (SSSR count). The minimum atomic E-state index is -3.93. The van der Waals surface area contributed by atoms with Crippen LogP contribution in [0.15, 0.2) is 53.7 Å². The number of ketones is 2. The zero-order valence-corrected chi connectivity index (χ0v) is 20.3. The molecule has 2 atom stereocenters. The Kier molecular flexibility index (Phi) is 8.68. The lowest BCUT2D eigenvalue weighted by Crippen LogP contribution is -2.46. The molecule has 182 valence electrons. The largest absolute Gasteiger partial charge is 0.349 e. The molecule has 2 aromatic rings. The van der Waals surface area contributed by atoms with Crippen LogP contribution in [0.5, 0.6) is 0 Å². The molecule has 0 radical (unpaired) electrons. The fourth-order valence-corrected chi connectivity index (χ4v) is 5.50. The maximum Gasteiger partial charge on any atom is 0.287 e. The number of amides is 1. The first-order valence-corrected chi connectivity index (χ1v) is 13.0. The summed E-state index contributed by atoms with van der Waals surface area (Å²) in [6, 6.07) is 8.73. The van der Waals surface area contributed by atoms with Crippen LogP contribution in [0.25, 0.3) is 0 Å². The predicted molar refractivity (Wildman–Crippen MR) is 127 cm³/mol. The molecule has 0 bridgehead atoms. The van der Waals surface area contributed by atoms with Crippen LogP contribution in [-0.4, -0.2) is 43.5 Å². The van der Waals surface area contributed by atoms with Gasteiger partial charge in [0.15, 0.2) is 5.78 Å². The standard InChI is InChI=1S/C25H31N3O5S/c1-17(2)23(28-34(32,33)21-8-4-3-5-9-21)22(29)15-19-10-11-20-16-26-14-12-18(20)7-6-13-27-25(31)24(19)30/h3-5,8-9,12,14,16-17,19,23,28H,6-7,10-11,13,15H2,1-2H3,(H,27,31). The molecule has 1 aliphatic heterocycles.